The molecule has 4 rings (SSSR count). The fourth-order valence-corrected chi connectivity index (χ4v) is 5.29. The second kappa shape index (κ2) is 12.3. The van der Waals surface area contributed by atoms with Crippen molar-refractivity contribution in [1.82, 2.24) is 5.32 Å². The molecule has 37 heavy (non-hydrogen) atoms. The fourth-order valence-electron chi connectivity index (χ4n) is 5.08. The van der Waals surface area contributed by atoms with Gasteiger partial charge in [-0.2, -0.15) is 0 Å². The van der Waals surface area contributed by atoms with Crippen LogP contribution in [0.3, 0.4) is 0 Å². The number of benzene rings is 3. The molecule has 3 unspecified atom stereocenters. The van der Waals surface area contributed by atoms with E-state index in [1.165, 1.54) is 50.2 Å². The smallest absolute Gasteiger partial charge is 0.252 e. The number of rotatable bonds is 7. The van der Waals surface area contributed by atoms with Crippen molar-refractivity contribution in [2.24, 2.45) is 5.92 Å². The molecule has 4 N–H and O–H groups in total. The van der Waals surface area contributed by atoms with Crippen LogP contribution in [0.4, 0.5) is 21.5 Å². The Morgan fingerprint density at radius 3 is 2.54 bits per heavy atom. The minimum atomic E-state index is -0.481. The third-order valence-electron chi connectivity index (χ3n) is 7.33. The Kier molecular flexibility index (Phi) is 8.88. The van der Waals surface area contributed by atoms with E-state index in [4.69, 9.17) is 17.3 Å². The average molecular weight is 520 g/mol. The molecule has 6 heteroatoms. The third kappa shape index (κ3) is 6.72. The number of para-hydroxylation sites is 1. The monoisotopic (exact) mass is 519 g/mol. The van der Waals surface area contributed by atoms with Crippen LogP contribution in [0.5, 0.6) is 0 Å². The molecule has 3 aromatic carbocycles. The van der Waals surface area contributed by atoms with Crippen LogP contribution < -0.4 is 16.4 Å². The van der Waals surface area contributed by atoms with Crippen LogP contribution in [0.25, 0.3) is 0 Å². The molecule has 1 fully saturated rings. The molecular weight excluding hydrogens is 485 g/mol. The van der Waals surface area contributed by atoms with Gasteiger partial charge in [-0.1, -0.05) is 74.5 Å². The van der Waals surface area contributed by atoms with Crippen LogP contribution >= 0.6 is 11.6 Å². The third-order valence-corrected chi connectivity index (χ3v) is 7.64. The fraction of sp³-hybridized carbons (Fsp3) is 0.323. The number of hydrogen-bond acceptors (Lipinski definition) is 3. The first-order valence-electron chi connectivity index (χ1n) is 13.0. The lowest BCUT2D eigenvalue weighted by Crippen LogP contribution is -2.27. The van der Waals surface area contributed by atoms with E-state index in [2.05, 4.69) is 36.3 Å². The summed E-state index contributed by atoms with van der Waals surface area (Å²) < 4.78 is 14.1. The van der Waals surface area contributed by atoms with Gasteiger partial charge in [0.2, 0.25) is 0 Å². The van der Waals surface area contributed by atoms with Gasteiger partial charge in [-0.25, -0.2) is 4.39 Å². The maximum atomic E-state index is 14.1. The first-order chi connectivity index (χ1) is 17.9. The van der Waals surface area contributed by atoms with Gasteiger partial charge >= 0.3 is 0 Å². The van der Waals surface area contributed by atoms with Crippen molar-refractivity contribution in [3.63, 3.8) is 0 Å². The molecule has 0 bridgehead atoms. The highest BCUT2D eigenvalue weighted by molar-refractivity contribution is 6.33. The zero-order chi connectivity index (χ0) is 26.4. The van der Waals surface area contributed by atoms with E-state index in [1.54, 1.807) is 36.4 Å². The highest BCUT2D eigenvalue weighted by Crippen LogP contribution is 2.34. The van der Waals surface area contributed by atoms with Crippen LogP contribution in [-0.2, 0) is 0 Å². The first-order valence-corrected chi connectivity index (χ1v) is 13.4. The molecule has 0 aliphatic heterocycles. The van der Waals surface area contributed by atoms with Gasteiger partial charge in [0.1, 0.15) is 5.82 Å². The highest BCUT2D eigenvalue weighted by Gasteiger charge is 2.19. The minimum Gasteiger partial charge on any atom is -0.398 e. The van der Waals surface area contributed by atoms with Gasteiger partial charge in [0, 0.05) is 22.5 Å². The number of nitrogens with two attached hydrogens (primary N) is 1. The van der Waals surface area contributed by atoms with Crippen molar-refractivity contribution >= 4 is 34.6 Å². The number of hydrogen-bond donors (Lipinski definition) is 3. The number of carbonyl (C=O) groups is 1. The number of halogens is 2. The van der Waals surface area contributed by atoms with Gasteiger partial charge in [0.05, 0.1) is 16.8 Å². The molecule has 0 aromatic heterocycles. The molecule has 4 nitrogen and oxygen atoms in total. The van der Waals surface area contributed by atoms with E-state index in [-0.39, 0.29) is 16.6 Å². The molecule has 0 saturated heterocycles. The molecule has 3 aromatic rings. The van der Waals surface area contributed by atoms with Gasteiger partial charge in [-0.05, 0) is 66.6 Å². The lowest BCUT2D eigenvalue weighted by atomic mass is 9.82. The molecule has 0 spiro atoms. The van der Waals surface area contributed by atoms with E-state index in [0.29, 0.717) is 28.4 Å². The van der Waals surface area contributed by atoms with E-state index in [9.17, 15) is 9.18 Å². The summed E-state index contributed by atoms with van der Waals surface area (Å²) in [6.45, 7) is 6.23. The molecule has 1 saturated carbocycles. The summed E-state index contributed by atoms with van der Waals surface area (Å²) in [6.07, 6.45) is 9.23. The van der Waals surface area contributed by atoms with Crippen molar-refractivity contribution in [3.05, 3.63) is 101 Å². The quantitative estimate of drug-likeness (QED) is 0.216. The molecule has 194 valence electrons. The highest BCUT2D eigenvalue weighted by atomic mass is 35.5. The Morgan fingerprint density at radius 2 is 1.84 bits per heavy atom. The second-order valence-corrected chi connectivity index (χ2v) is 10.4. The van der Waals surface area contributed by atoms with Crippen LogP contribution in [0.15, 0.2) is 73.3 Å². The van der Waals surface area contributed by atoms with E-state index >= 15 is 0 Å². The Labute approximate surface area is 224 Å². The predicted octanol–water partition coefficient (Wildman–Crippen LogP) is 8.54. The summed E-state index contributed by atoms with van der Waals surface area (Å²) in [5.41, 5.74) is 10.1. The zero-order valence-electron chi connectivity index (χ0n) is 21.3. The van der Waals surface area contributed by atoms with Crippen LogP contribution in [0.1, 0.15) is 78.9 Å². The maximum Gasteiger partial charge on any atom is 0.252 e. The summed E-state index contributed by atoms with van der Waals surface area (Å²) >= 11 is 6.12. The Bertz CT molecular complexity index is 1220. The van der Waals surface area contributed by atoms with Crippen LogP contribution in [0, 0.1) is 11.7 Å². The standard InChI is InChI=1S/C31H35ClFN3O/c1-3-29(25-18-17-24(19-28(25)34)35-30-26(32)9-6-10-27(30)33)36-31(37)23-15-13-22(14-16-23)21-8-5-4-7-20(2)11-12-21/h3,6,9-10,13-21,29,35H,1,4-5,7-8,11-12,34H2,2H3,(H,36,37). The lowest BCUT2D eigenvalue weighted by Gasteiger charge is -2.23. The van der Waals surface area contributed by atoms with Crippen molar-refractivity contribution < 1.29 is 9.18 Å². The average Bonchev–Trinajstić information content (AvgIpc) is 2.88. The van der Waals surface area contributed by atoms with Crippen LogP contribution in [0.2, 0.25) is 5.02 Å². The predicted molar refractivity (Wildman–Crippen MR) is 152 cm³/mol. The Balaban J connectivity index is 1.43. The minimum absolute atomic E-state index is 0.183. The summed E-state index contributed by atoms with van der Waals surface area (Å²) in [5.74, 6) is 0.703. The van der Waals surface area contributed by atoms with Crippen molar-refractivity contribution in [2.45, 2.75) is 57.4 Å². The SMILES string of the molecule is C=CC(NC(=O)c1ccc(C2CCCCC(C)CC2)cc1)c1ccc(Nc2c(F)cccc2Cl)cc1N. The number of carbonyl (C=O) groups excluding carboxylic acids is 1. The molecular formula is C31H35ClFN3O. The van der Waals surface area contributed by atoms with E-state index in [1.807, 2.05) is 12.1 Å². The summed E-state index contributed by atoms with van der Waals surface area (Å²) in [6, 6.07) is 17.2. The van der Waals surface area contributed by atoms with Crippen molar-refractivity contribution in [3.8, 4) is 0 Å². The summed E-state index contributed by atoms with van der Waals surface area (Å²) in [7, 11) is 0. The molecule has 1 aliphatic carbocycles. The van der Waals surface area contributed by atoms with Crippen molar-refractivity contribution in [2.75, 3.05) is 11.1 Å². The van der Waals surface area contributed by atoms with Gasteiger partial charge < -0.3 is 16.4 Å². The normalized spacial score (nSPS) is 18.8. The number of nitrogens with one attached hydrogen (secondary N) is 2. The molecule has 0 radical (unpaired) electrons. The first kappa shape index (κ1) is 26.7. The number of nitrogen functional groups attached to an aromatic ring is 1. The number of anilines is 3. The molecule has 0 heterocycles. The zero-order valence-corrected chi connectivity index (χ0v) is 22.0. The van der Waals surface area contributed by atoms with Gasteiger partial charge in [0.25, 0.3) is 5.91 Å². The second-order valence-electron chi connectivity index (χ2n) is 10.0. The van der Waals surface area contributed by atoms with Gasteiger partial charge in [0.15, 0.2) is 0 Å². The molecule has 1 amide bonds. The Morgan fingerprint density at radius 1 is 1.08 bits per heavy atom. The lowest BCUT2D eigenvalue weighted by molar-refractivity contribution is 0.0944. The largest absolute Gasteiger partial charge is 0.398 e. The van der Waals surface area contributed by atoms with E-state index < -0.39 is 11.9 Å². The van der Waals surface area contributed by atoms with Gasteiger partial charge in [-0.15, -0.1) is 6.58 Å². The topological polar surface area (TPSA) is 67.2 Å². The number of amides is 1. The molecule has 3 atom stereocenters. The van der Waals surface area contributed by atoms with Gasteiger partial charge in [-0.3, -0.25) is 4.79 Å². The van der Waals surface area contributed by atoms with Crippen molar-refractivity contribution in [1.29, 1.82) is 0 Å². The van der Waals surface area contributed by atoms with Crippen LogP contribution in [-0.4, -0.2) is 5.91 Å². The van der Waals surface area contributed by atoms with E-state index in [0.717, 1.165) is 5.92 Å². The maximum absolute atomic E-state index is 14.1. The molecule has 1 aliphatic rings. The summed E-state index contributed by atoms with van der Waals surface area (Å²) in [4.78, 5) is 13.0. The summed E-state index contributed by atoms with van der Waals surface area (Å²) in [5, 5.41) is 6.26. The Hall–Kier alpha value is -3.31.